The van der Waals surface area contributed by atoms with Crippen LogP contribution in [0.4, 0.5) is 18.9 Å². The first-order chi connectivity index (χ1) is 9.45. The van der Waals surface area contributed by atoms with E-state index < -0.39 is 11.7 Å². The molecule has 2 nitrogen and oxygen atoms in total. The highest BCUT2D eigenvalue weighted by molar-refractivity contribution is 6.17. The Labute approximate surface area is 121 Å². The van der Waals surface area contributed by atoms with Gasteiger partial charge in [0.15, 0.2) is 0 Å². The minimum absolute atomic E-state index is 0.0162. The molecule has 1 atom stereocenters. The van der Waals surface area contributed by atoms with E-state index in [0.29, 0.717) is 25.3 Å². The quantitative estimate of drug-likeness (QED) is 0.781. The molecule has 0 saturated carbocycles. The summed E-state index contributed by atoms with van der Waals surface area (Å²) < 4.78 is 45.1. The average Bonchev–Trinajstić information content (AvgIpc) is 2.45. The Morgan fingerprint density at radius 3 is 2.75 bits per heavy atom. The summed E-state index contributed by atoms with van der Waals surface area (Å²) in [7, 11) is 0. The first-order valence-electron chi connectivity index (χ1n) is 6.58. The minimum atomic E-state index is -4.38. The molecule has 1 saturated heterocycles. The van der Waals surface area contributed by atoms with E-state index in [1.54, 1.807) is 11.0 Å². The third kappa shape index (κ3) is 3.38. The predicted octanol–water partition coefficient (Wildman–Crippen LogP) is 4.06. The molecule has 0 amide bonds. The van der Waals surface area contributed by atoms with Gasteiger partial charge in [0.1, 0.15) is 0 Å². The molecule has 0 radical (unpaired) electrons. The maximum atomic E-state index is 13.2. The number of nitrogens with zero attached hydrogens (tertiary/aromatic N) is 1. The lowest BCUT2D eigenvalue weighted by Crippen LogP contribution is -2.43. The van der Waals surface area contributed by atoms with Crippen LogP contribution >= 0.6 is 11.6 Å². The van der Waals surface area contributed by atoms with Crippen LogP contribution in [0.2, 0.25) is 0 Å². The zero-order chi connectivity index (χ0) is 14.8. The van der Waals surface area contributed by atoms with Gasteiger partial charge >= 0.3 is 6.18 Å². The SMILES string of the molecule is CCC1CN(c2ccc(CCl)cc2C(F)(F)F)CCO1. The van der Waals surface area contributed by atoms with Gasteiger partial charge in [-0.15, -0.1) is 11.6 Å². The van der Waals surface area contributed by atoms with Crippen molar-refractivity contribution in [3.8, 4) is 0 Å². The van der Waals surface area contributed by atoms with Crippen LogP contribution in [0.3, 0.4) is 0 Å². The summed E-state index contributed by atoms with van der Waals surface area (Å²) in [4.78, 5) is 1.75. The lowest BCUT2D eigenvalue weighted by Gasteiger charge is -2.35. The van der Waals surface area contributed by atoms with E-state index in [2.05, 4.69) is 0 Å². The van der Waals surface area contributed by atoms with Gasteiger partial charge in [-0.2, -0.15) is 13.2 Å². The molecular formula is C14H17ClF3NO. The summed E-state index contributed by atoms with van der Waals surface area (Å²) in [6.07, 6.45) is -3.60. The fraction of sp³-hybridized carbons (Fsp3) is 0.571. The van der Waals surface area contributed by atoms with Crippen LogP contribution in [0, 0.1) is 0 Å². The highest BCUT2D eigenvalue weighted by Gasteiger charge is 2.36. The molecule has 1 fully saturated rings. The van der Waals surface area contributed by atoms with Gasteiger partial charge in [0, 0.05) is 24.7 Å². The average molecular weight is 308 g/mol. The number of rotatable bonds is 3. The minimum Gasteiger partial charge on any atom is -0.375 e. The molecule has 0 spiro atoms. The number of anilines is 1. The smallest absolute Gasteiger partial charge is 0.375 e. The Morgan fingerprint density at radius 1 is 1.40 bits per heavy atom. The molecule has 6 heteroatoms. The second kappa shape index (κ2) is 6.22. The molecule has 1 aliphatic rings. The second-order valence-electron chi connectivity index (χ2n) is 4.83. The van der Waals surface area contributed by atoms with Crippen LogP contribution in [0.15, 0.2) is 18.2 Å². The van der Waals surface area contributed by atoms with Crippen LogP contribution in [-0.2, 0) is 16.8 Å². The molecule has 20 heavy (non-hydrogen) atoms. The van der Waals surface area contributed by atoms with Crippen LogP contribution in [0.25, 0.3) is 0 Å². The third-order valence-corrected chi connectivity index (χ3v) is 3.76. The summed E-state index contributed by atoms with van der Waals surface area (Å²) >= 11 is 5.63. The van der Waals surface area contributed by atoms with E-state index in [9.17, 15) is 13.2 Å². The normalized spacial score (nSPS) is 20.2. The van der Waals surface area contributed by atoms with Crippen LogP contribution in [-0.4, -0.2) is 25.8 Å². The summed E-state index contributed by atoms with van der Waals surface area (Å²) in [6.45, 7) is 3.38. The molecule has 2 rings (SSSR count). The highest BCUT2D eigenvalue weighted by Crippen LogP contribution is 2.38. The van der Waals surface area contributed by atoms with Crippen LogP contribution < -0.4 is 4.90 Å². The van der Waals surface area contributed by atoms with Crippen molar-refractivity contribution in [2.75, 3.05) is 24.6 Å². The highest BCUT2D eigenvalue weighted by atomic mass is 35.5. The number of hydrogen-bond acceptors (Lipinski definition) is 2. The van der Waals surface area contributed by atoms with Gasteiger partial charge in [-0.25, -0.2) is 0 Å². The number of halogens is 4. The van der Waals surface area contributed by atoms with E-state index in [1.807, 2.05) is 6.92 Å². The Bertz CT molecular complexity index is 464. The Balaban J connectivity index is 2.35. The van der Waals surface area contributed by atoms with Crippen molar-refractivity contribution in [3.63, 3.8) is 0 Å². The molecule has 0 aliphatic carbocycles. The molecule has 1 heterocycles. The molecule has 1 unspecified atom stereocenters. The predicted molar refractivity (Wildman–Crippen MR) is 73.2 cm³/mol. The maximum absolute atomic E-state index is 13.2. The lowest BCUT2D eigenvalue weighted by atomic mass is 10.1. The molecule has 1 aromatic carbocycles. The zero-order valence-electron chi connectivity index (χ0n) is 11.2. The van der Waals surface area contributed by atoms with E-state index in [0.717, 1.165) is 12.5 Å². The van der Waals surface area contributed by atoms with Gasteiger partial charge in [-0.1, -0.05) is 13.0 Å². The largest absolute Gasteiger partial charge is 0.418 e. The van der Waals surface area contributed by atoms with Crippen molar-refractivity contribution >= 4 is 17.3 Å². The number of morpholine rings is 1. The van der Waals surface area contributed by atoms with Gasteiger partial charge in [0.05, 0.1) is 18.3 Å². The molecule has 1 aromatic rings. The molecule has 0 N–H and O–H groups in total. The lowest BCUT2D eigenvalue weighted by molar-refractivity contribution is -0.137. The van der Waals surface area contributed by atoms with Gasteiger partial charge in [-0.3, -0.25) is 0 Å². The van der Waals surface area contributed by atoms with E-state index in [-0.39, 0.29) is 17.7 Å². The molecule has 112 valence electrons. The Kier molecular flexibility index (Phi) is 4.81. The Hall–Kier alpha value is -0.940. The number of benzene rings is 1. The van der Waals surface area contributed by atoms with Crippen molar-refractivity contribution in [1.82, 2.24) is 0 Å². The van der Waals surface area contributed by atoms with Gasteiger partial charge in [-0.05, 0) is 24.1 Å². The van der Waals surface area contributed by atoms with Crippen molar-refractivity contribution in [3.05, 3.63) is 29.3 Å². The maximum Gasteiger partial charge on any atom is 0.418 e. The van der Waals surface area contributed by atoms with Crippen molar-refractivity contribution in [2.24, 2.45) is 0 Å². The second-order valence-corrected chi connectivity index (χ2v) is 5.10. The molecule has 1 aliphatic heterocycles. The van der Waals surface area contributed by atoms with Crippen molar-refractivity contribution in [1.29, 1.82) is 0 Å². The summed E-state index contributed by atoms with van der Waals surface area (Å²) in [5, 5.41) is 0. The van der Waals surface area contributed by atoms with E-state index in [1.165, 1.54) is 6.07 Å². The zero-order valence-corrected chi connectivity index (χ0v) is 12.0. The number of ether oxygens (including phenoxy) is 1. The topological polar surface area (TPSA) is 12.5 Å². The summed E-state index contributed by atoms with van der Waals surface area (Å²) in [5.41, 5.74) is 0.0727. The standard InChI is InChI=1S/C14H17ClF3NO/c1-2-11-9-19(5-6-20-11)13-4-3-10(8-15)7-12(13)14(16,17)18/h3-4,7,11H,2,5-6,8-9H2,1H3. The fourth-order valence-corrected chi connectivity index (χ4v) is 2.52. The van der Waals surface area contributed by atoms with Crippen LogP contribution in [0.5, 0.6) is 0 Å². The molecular weight excluding hydrogens is 291 g/mol. The van der Waals surface area contributed by atoms with E-state index in [4.69, 9.17) is 16.3 Å². The Morgan fingerprint density at radius 2 is 2.15 bits per heavy atom. The molecule has 0 bridgehead atoms. The first-order valence-corrected chi connectivity index (χ1v) is 7.11. The third-order valence-electron chi connectivity index (χ3n) is 3.46. The van der Waals surface area contributed by atoms with Crippen molar-refractivity contribution in [2.45, 2.75) is 31.5 Å². The fourth-order valence-electron chi connectivity index (χ4n) is 2.35. The first kappa shape index (κ1) is 15.4. The van der Waals surface area contributed by atoms with E-state index >= 15 is 0 Å². The summed E-state index contributed by atoms with van der Waals surface area (Å²) in [5.74, 6) is 0.0735. The van der Waals surface area contributed by atoms with Crippen LogP contribution in [0.1, 0.15) is 24.5 Å². The van der Waals surface area contributed by atoms with Gasteiger partial charge in [0.2, 0.25) is 0 Å². The monoisotopic (exact) mass is 307 g/mol. The van der Waals surface area contributed by atoms with Gasteiger partial charge < -0.3 is 9.64 Å². The van der Waals surface area contributed by atoms with Gasteiger partial charge in [0.25, 0.3) is 0 Å². The van der Waals surface area contributed by atoms with Crippen molar-refractivity contribution < 1.29 is 17.9 Å². The summed E-state index contributed by atoms with van der Waals surface area (Å²) in [6, 6.07) is 4.30. The molecule has 0 aromatic heterocycles. The number of hydrogen-bond donors (Lipinski definition) is 0. The number of alkyl halides is 4.